The number of hydrogen-bond acceptors (Lipinski definition) is 0. The Morgan fingerprint density at radius 3 is 2.67 bits per heavy atom. The van der Waals surface area contributed by atoms with Crippen LogP contribution in [0, 0.1) is 0 Å². The first-order valence-electron chi connectivity index (χ1n) is 4.71. The van der Waals surface area contributed by atoms with E-state index >= 15 is 0 Å². The van der Waals surface area contributed by atoms with Gasteiger partial charge < -0.3 is 0 Å². The molecule has 0 fully saturated rings. The molecule has 2 atom stereocenters. The highest BCUT2D eigenvalue weighted by Crippen LogP contribution is 2.30. The van der Waals surface area contributed by atoms with Crippen LogP contribution in [0.2, 0.25) is 0 Å². The molecule has 2 unspecified atom stereocenters. The fourth-order valence-electron chi connectivity index (χ4n) is 1.31. The Morgan fingerprint density at radius 2 is 2.25 bits per heavy atom. The zero-order valence-electron chi connectivity index (χ0n) is 7.52. The molecule has 0 saturated heterocycles. The van der Waals surface area contributed by atoms with E-state index in [1.54, 1.807) is 5.57 Å². The third kappa shape index (κ3) is 3.04. The van der Waals surface area contributed by atoms with Crippen LogP contribution in [0.3, 0.4) is 0 Å². The van der Waals surface area contributed by atoms with Crippen LogP contribution in [0.4, 0.5) is 4.39 Å². The maximum absolute atomic E-state index is 12.9. The molecule has 0 radical (unpaired) electrons. The van der Waals surface area contributed by atoms with Gasteiger partial charge in [0, 0.05) is 3.92 Å². The lowest BCUT2D eigenvalue weighted by atomic mass is 9.93. The lowest BCUT2D eigenvalue weighted by molar-refractivity contribution is 0.301. The average molecular weight is 282 g/mol. The summed E-state index contributed by atoms with van der Waals surface area (Å²) >= 11 is 2.43. The Hall–Kier alpha value is 0.400. The molecular weight excluding hydrogens is 266 g/mol. The molecule has 0 bridgehead atoms. The molecule has 0 aliphatic heterocycles. The summed E-state index contributed by atoms with van der Waals surface area (Å²) in [5.74, 6) is 0. The van der Waals surface area contributed by atoms with E-state index in [-0.39, 0.29) is 0 Å². The molecule has 0 nitrogen and oxygen atoms in total. The zero-order valence-corrected chi connectivity index (χ0v) is 9.68. The van der Waals surface area contributed by atoms with Gasteiger partial charge in [-0.3, -0.25) is 0 Å². The van der Waals surface area contributed by atoms with Gasteiger partial charge in [0.1, 0.15) is 0 Å². The van der Waals surface area contributed by atoms with Gasteiger partial charge in [0.25, 0.3) is 0 Å². The van der Waals surface area contributed by atoms with Gasteiger partial charge >= 0.3 is 0 Å². The lowest BCUT2D eigenvalue weighted by Gasteiger charge is -2.20. The number of allylic oxidation sites excluding steroid dienone is 2. The van der Waals surface area contributed by atoms with Crippen LogP contribution in [-0.4, -0.2) is 10.1 Å². The van der Waals surface area contributed by atoms with Crippen LogP contribution in [0.15, 0.2) is 11.6 Å². The van der Waals surface area contributed by atoms with Gasteiger partial charge in [-0.05, 0) is 32.1 Å². The van der Waals surface area contributed by atoms with Gasteiger partial charge in [-0.15, -0.1) is 0 Å². The largest absolute Gasteiger partial charge is 0.248 e. The zero-order chi connectivity index (χ0) is 8.97. The van der Waals surface area contributed by atoms with Crippen molar-refractivity contribution >= 4 is 22.6 Å². The second kappa shape index (κ2) is 5.20. The van der Waals surface area contributed by atoms with Crippen molar-refractivity contribution in [2.45, 2.75) is 49.1 Å². The monoisotopic (exact) mass is 282 g/mol. The first-order valence-corrected chi connectivity index (χ1v) is 5.95. The van der Waals surface area contributed by atoms with Crippen molar-refractivity contribution in [1.29, 1.82) is 0 Å². The van der Waals surface area contributed by atoms with Crippen LogP contribution in [0.5, 0.6) is 0 Å². The molecule has 70 valence electrons. The number of hydrogen-bond donors (Lipinski definition) is 0. The van der Waals surface area contributed by atoms with Gasteiger partial charge in [0.2, 0.25) is 0 Å². The summed E-state index contributed by atoms with van der Waals surface area (Å²) in [5, 5.41) is 0. The normalized spacial score (nSPS) is 21.1. The fourth-order valence-corrected chi connectivity index (χ4v) is 2.24. The molecule has 0 aromatic heterocycles. The van der Waals surface area contributed by atoms with E-state index in [1.165, 1.54) is 12.8 Å². The van der Waals surface area contributed by atoms with Gasteiger partial charge in [0.15, 0.2) is 0 Å². The van der Waals surface area contributed by atoms with Crippen molar-refractivity contribution in [1.82, 2.24) is 0 Å². The second-order valence-electron chi connectivity index (χ2n) is 3.37. The maximum atomic E-state index is 12.9. The molecule has 1 rings (SSSR count). The molecule has 0 amide bonds. The van der Waals surface area contributed by atoms with E-state index in [1.807, 2.05) is 6.92 Å². The summed E-state index contributed by atoms with van der Waals surface area (Å²) in [5.41, 5.74) is 1.54. The van der Waals surface area contributed by atoms with Crippen molar-refractivity contribution in [2.24, 2.45) is 0 Å². The second-order valence-corrected chi connectivity index (χ2v) is 4.87. The molecule has 1 aliphatic rings. The summed E-state index contributed by atoms with van der Waals surface area (Å²) in [6, 6.07) is 0. The van der Waals surface area contributed by atoms with Crippen molar-refractivity contribution in [2.75, 3.05) is 0 Å². The lowest BCUT2D eigenvalue weighted by Crippen LogP contribution is -2.10. The summed E-state index contributed by atoms with van der Waals surface area (Å²) in [4.78, 5) is 0. The van der Waals surface area contributed by atoms with E-state index in [0.717, 1.165) is 12.8 Å². The quantitative estimate of drug-likeness (QED) is 0.405. The molecule has 0 spiro atoms. The van der Waals surface area contributed by atoms with Crippen LogP contribution in [-0.2, 0) is 0 Å². The molecule has 0 aromatic rings. The molecule has 0 aromatic carbocycles. The minimum atomic E-state index is -0.581. The number of rotatable bonds is 5. The van der Waals surface area contributed by atoms with Crippen molar-refractivity contribution < 1.29 is 4.39 Å². The van der Waals surface area contributed by atoms with Gasteiger partial charge in [0.05, 0.1) is 6.17 Å². The highest BCUT2D eigenvalue weighted by atomic mass is 127. The van der Waals surface area contributed by atoms with Crippen molar-refractivity contribution in [3.05, 3.63) is 11.6 Å². The Morgan fingerprint density at radius 1 is 1.58 bits per heavy atom. The third-order valence-electron chi connectivity index (χ3n) is 2.42. The number of alkyl halides is 2. The number of halogens is 2. The molecule has 2 heteroatoms. The van der Waals surface area contributed by atoms with Crippen LogP contribution >= 0.6 is 22.6 Å². The Labute approximate surface area is 87.8 Å². The standard InChI is InChI=1S/C10H16FI/c1-2-9(11)6-7-10(12)8-4-3-5-8/h4,9-10H,2-3,5-7H2,1H3. The minimum Gasteiger partial charge on any atom is -0.248 e. The Balaban J connectivity index is 2.13. The van der Waals surface area contributed by atoms with E-state index in [2.05, 4.69) is 28.7 Å². The average Bonchev–Trinajstić information content (AvgIpc) is 1.97. The topological polar surface area (TPSA) is 0 Å². The SMILES string of the molecule is CCC(F)CCC(I)C1=CCC1. The molecule has 0 N–H and O–H groups in total. The van der Waals surface area contributed by atoms with Crippen molar-refractivity contribution in [3.63, 3.8) is 0 Å². The Bertz CT molecular complexity index is 165. The smallest absolute Gasteiger partial charge is 0.0999 e. The molecule has 0 saturated carbocycles. The minimum absolute atomic E-state index is 0.581. The fraction of sp³-hybridized carbons (Fsp3) is 0.800. The van der Waals surface area contributed by atoms with Crippen LogP contribution in [0.25, 0.3) is 0 Å². The first kappa shape index (κ1) is 10.5. The molecule has 12 heavy (non-hydrogen) atoms. The predicted molar refractivity (Wildman–Crippen MR) is 59.5 cm³/mol. The van der Waals surface area contributed by atoms with E-state index < -0.39 is 6.17 Å². The van der Waals surface area contributed by atoms with Gasteiger partial charge in [-0.25, -0.2) is 4.39 Å². The van der Waals surface area contributed by atoms with E-state index in [0.29, 0.717) is 10.3 Å². The van der Waals surface area contributed by atoms with Crippen LogP contribution in [0.1, 0.15) is 39.0 Å². The molecular formula is C10H16FI. The summed E-state index contributed by atoms with van der Waals surface area (Å²) < 4.78 is 13.5. The van der Waals surface area contributed by atoms with Gasteiger partial charge in [-0.2, -0.15) is 0 Å². The summed E-state index contributed by atoms with van der Waals surface area (Å²) in [6.07, 6.45) is 6.61. The molecule has 1 aliphatic carbocycles. The molecule has 0 heterocycles. The summed E-state index contributed by atoms with van der Waals surface area (Å²) in [7, 11) is 0. The van der Waals surface area contributed by atoms with Crippen molar-refractivity contribution in [3.8, 4) is 0 Å². The first-order chi connectivity index (χ1) is 5.74. The predicted octanol–water partition coefficient (Wildman–Crippen LogP) is 4.04. The van der Waals surface area contributed by atoms with Crippen LogP contribution < -0.4 is 0 Å². The van der Waals surface area contributed by atoms with Gasteiger partial charge in [-0.1, -0.05) is 41.2 Å². The maximum Gasteiger partial charge on any atom is 0.0999 e. The third-order valence-corrected chi connectivity index (χ3v) is 3.84. The summed E-state index contributed by atoms with van der Waals surface area (Å²) in [6.45, 7) is 1.91. The Kier molecular flexibility index (Phi) is 4.54. The highest BCUT2D eigenvalue weighted by molar-refractivity contribution is 14.1. The highest BCUT2D eigenvalue weighted by Gasteiger charge is 2.16. The van der Waals surface area contributed by atoms with E-state index in [4.69, 9.17) is 0 Å². The van der Waals surface area contributed by atoms with E-state index in [9.17, 15) is 4.39 Å².